The zero-order valence-electron chi connectivity index (χ0n) is 11.1. The molecule has 0 atom stereocenters. The van der Waals surface area contributed by atoms with E-state index in [1.54, 1.807) is 13.8 Å². The van der Waals surface area contributed by atoms with Crippen LogP contribution in [0.4, 0.5) is 0 Å². The van der Waals surface area contributed by atoms with E-state index in [4.69, 9.17) is 15.3 Å². The van der Waals surface area contributed by atoms with Gasteiger partial charge in [-0.15, -0.1) is 0 Å². The lowest BCUT2D eigenvalue weighted by Gasteiger charge is -2.16. The van der Waals surface area contributed by atoms with Crippen molar-refractivity contribution in [1.82, 2.24) is 4.72 Å². The maximum absolute atomic E-state index is 12.2. The van der Waals surface area contributed by atoms with E-state index in [1.807, 2.05) is 0 Å². The summed E-state index contributed by atoms with van der Waals surface area (Å²) in [7, 11) is -4.03. The number of carboxylic acid groups (broad SMARTS) is 1. The van der Waals surface area contributed by atoms with Crippen molar-refractivity contribution in [3.8, 4) is 0 Å². The number of carboxylic acids is 1. The molecule has 1 aromatic carbocycles. The zero-order chi connectivity index (χ0) is 15.5. The summed E-state index contributed by atoms with van der Waals surface area (Å²) in [6.07, 6.45) is 0. The van der Waals surface area contributed by atoms with Crippen molar-refractivity contribution in [2.45, 2.75) is 24.8 Å². The highest BCUT2D eigenvalue weighted by atomic mass is 32.2. The molecule has 0 aliphatic rings. The Morgan fingerprint density at radius 3 is 2.25 bits per heavy atom. The Hall–Kier alpha value is -1.48. The lowest BCUT2D eigenvalue weighted by Crippen LogP contribution is -2.40. The molecular weight excluding hydrogens is 286 g/mol. The second kappa shape index (κ2) is 6.31. The molecule has 4 N–H and O–H groups in total. The van der Waals surface area contributed by atoms with Crippen LogP contribution in [0.3, 0.4) is 0 Å². The summed E-state index contributed by atoms with van der Waals surface area (Å²) in [5, 5.41) is 26.8. The fourth-order valence-electron chi connectivity index (χ4n) is 1.64. The smallest absolute Gasteiger partial charge is 0.335 e. The van der Waals surface area contributed by atoms with Crippen molar-refractivity contribution in [3.63, 3.8) is 0 Å². The number of sulfonamides is 1. The second-order valence-corrected chi connectivity index (χ2v) is 6.09. The van der Waals surface area contributed by atoms with Gasteiger partial charge in [0.2, 0.25) is 10.0 Å². The monoisotopic (exact) mass is 303 g/mol. The first kappa shape index (κ1) is 16.6. The summed E-state index contributed by atoms with van der Waals surface area (Å²) in [5.74, 6) is -1.23. The predicted molar refractivity (Wildman–Crippen MR) is 71.2 cm³/mol. The van der Waals surface area contributed by atoms with Crippen molar-refractivity contribution in [1.29, 1.82) is 0 Å². The maximum atomic E-state index is 12.2. The lowest BCUT2D eigenvalue weighted by atomic mass is 10.1. The number of aryl methyl sites for hydroxylation is 1. The number of nitrogens with one attached hydrogen (secondary N) is 1. The molecule has 1 aromatic rings. The Balaban J connectivity index is 3.34. The van der Waals surface area contributed by atoms with Gasteiger partial charge in [0.05, 0.1) is 29.7 Å². The number of hydrogen-bond donors (Lipinski definition) is 4. The highest BCUT2D eigenvalue weighted by molar-refractivity contribution is 7.89. The standard InChI is InChI=1S/C12H17NO6S/c1-7-3-9(12(16)17)4-11(8(7)2)20(18,19)13-10(5-14)6-15/h3-4,10,13-15H,5-6H2,1-2H3,(H,16,17). The number of benzene rings is 1. The summed E-state index contributed by atoms with van der Waals surface area (Å²) in [6.45, 7) is 2.04. The van der Waals surface area contributed by atoms with Crippen LogP contribution in [-0.2, 0) is 10.0 Å². The molecule has 0 unspecified atom stereocenters. The van der Waals surface area contributed by atoms with Gasteiger partial charge in [0, 0.05) is 0 Å². The Morgan fingerprint density at radius 2 is 1.80 bits per heavy atom. The Kier molecular flexibility index (Phi) is 5.23. The molecule has 0 amide bonds. The van der Waals surface area contributed by atoms with E-state index in [0.29, 0.717) is 11.1 Å². The van der Waals surface area contributed by atoms with Crippen LogP contribution in [0.2, 0.25) is 0 Å². The third-order valence-electron chi connectivity index (χ3n) is 2.92. The van der Waals surface area contributed by atoms with E-state index < -0.39 is 35.2 Å². The van der Waals surface area contributed by atoms with Crippen molar-refractivity contribution < 1.29 is 28.5 Å². The first-order chi connectivity index (χ1) is 9.22. The highest BCUT2D eigenvalue weighted by Gasteiger charge is 2.23. The molecule has 7 nitrogen and oxygen atoms in total. The number of rotatable bonds is 6. The number of carbonyl (C=O) groups is 1. The minimum atomic E-state index is -4.03. The Bertz CT molecular complexity index is 607. The summed E-state index contributed by atoms with van der Waals surface area (Å²) < 4.78 is 26.5. The third kappa shape index (κ3) is 3.54. The van der Waals surface area contributed by atoms with Crippen LogP contribution in [0.1, 0.15) is 21.5 Å². The summed E-state index contributed by atoms with van der Waals surface area (Å²) in [6, 6.07) is 1.40. The summed E-state index contributed by atoms with van der Waals surface area (Å²) in [4.78, 5) is 10.8. The number of aliphatic hydroxyl groups is 2. The fourth-order valence-corrected chi connectivity index (χ4v) is 3.21. The minimum Gasteiger partial charge on any atom is -0.478 e. The van der Waals surface area contributed by atoms with Crippen molar-refractivity contribution in [2.75, 3.05) is 13.2 Å². The van der Waals surface area contributed by atoms with Crippen LogP contribution in [0.25, 0.3) is 0 Å². The van der Waals surface area contributed by atoms with Crippen LogP contribution in [0.5, 0.6) is 0 Å². The average Bonchev–Trinajstić information content (AvgIpc) is 2.38. The molecule has 0 aromatic heterocycles. The molecule has 112 valence electrons. The first-order valence-electron chi connectivity index (χ1n) is 5.81. The summed E-state index contributed by atoms with van der Waals surface area (Å²) >= 11 is 0. The lowest BCUT2D eigenvalue weighted by molar-refractivity contribution is 0.0696. The molecule has 0 saturated carbocycles. The molecule has 0 aliphatic heterocycles. The molecule has 8 heteroatoms. The van der Waals surface area contributed by atoms with Crippen LogP contribution in [0, 0.1) is 13.8 Å². The van der Waals surface area contributed by atoms with E-state index in [9.17, 15) is 13.2 Å². The van der Waals surface area contributed by atoms with Crippen LogP contribution in [0.15, 0.2) is 17.0 Å². The maximum Gasteiger partial charge on any atom is 0.335 e. The van der Waals surface area contributed by atoms with Crippen LogP contribution < -0.4 is 4.72 Å². The molecule has 0 heterocycles. The van der Waals surface area contributed by atoms with Crippen LogP contribution >= 0.6 is 0 Å². The van der Waals surface area contributed by atoms with Crippen molar-refractivity contribution in [3.05, 3.63) is 28.8 Å². The summed E-state index contributed by atoms with van der Waals surface area (Å²) in [5.41, 5.74) is 0.796. The Labute approximate surface area is 116 Å². The Morgan fingerprint density at radius 1 is 1.25 bits per heavy atom. The fraction of sp³-hybridized carbons (Fsp3) is 0.417. The van der Waals surface area contributed by atoms with Gasteiger partial charge in [-0.2, -0.15) is 0 Å². The highest BCUT2D eigenvalue weighted by Crippen LogP contribution is 2.21. The number of aliphatic hydroxyl groups excluding tert-OH is 2. The molecule has 0 aliphatic carbocycles. The van der Waals surface area contributed by atoms with Gasteiger partial charge in [-0.25, -0.2) is 17.9 Å². The SMILES string of the molecule is Cc1cc(C(=O)O)cc(S(=O)(=O)NC(CO)CO)c1C. The molecular formula is C12H17NO6S. The second-order valence-electron chi connectivity index (χ2n) is 4.40. The third-order valence-corrected chi connectivity index (χ3v) is 4.57. The van der Waals surface area contributed by atoms with Gasteiger partial charge in [-0.1, -0.05) is 0 Å². The van der Waals surface area contributed by atoms with Gasteiger partial charge in [0.15, 0.2) is 0 Å². The van der Waals surface area contributed by atoms with Gasteiger partial charge in [-0.3, -0.25) is 0 Å². The zero-order valence-corrected chi connectivity index (χ0v) is 11.9. The van der Waals surface area contributed by atoms with Crippen molar-refractivity contribution in [2.24, 2.45) is 0 Å². The number of hydrogen-bond acceptors (Lipinski definition) is 5. The molecule has 0 spiro atoms. The van der Waals surface area contributed by atoms with Gasteiger partial charge < -0.3 is 15.3 Å². The first-order valence-corrected chi connectivity index (χ1v) is 7.29. The van der Waals surface area contributed by atoms with E-state index in [1.165, 1.54) is 6.07 Å². The number of aromatic carboxylic acids is 1. The predicted octanol–water partition coefficient (Wildman–Crippen LogP) is -0.367. The van der Waals surface area contributed by atoms with Crippen molar-refractivity contribution >= 4 is 16.0 Å². The molecule has 0 saturated heterocycles. The average molecular weight is 303 g/mol. The molecule has 0 fully saturated rings. The normalized spacial score (nSPS) is 11.8. The van der Waals surface area contributed by atoms with Crippen LogP contribution in [-0.4, -0.2) is 49.0 Å². The van der Waals surface area contributed by atoms with Gasteiger partial charge in [0.1, 0.15) is 0 Å². The van der Waals surface area contributed by atoms with E-state index in [0.717, 1.165) is 6.07 Å². The molecule has 20 heavy (non-hydrogen) atoms. The molecule has 0 radical (unpaired) electrons. The van der Waals surface area contributed by atoms with Gasteiger partial charge in [0.25, 0.3) is 0 Å². The van der Waals surface area contributed by atoms with E-state index in [2.05, 4.69) is 4.72 Å². The molecule has 1 rings (SSSR count). The topological polar surface area (TPSA) is 124 Å². The largest absolute Gasteiger partial charge is 0.478 e. The molecule has 0 bridgehead atoms. The quantitative estimate of drug-likeness (QED) is 0.568. The van der Waals surface area contributed by atoms with Gasteiger partial charge >= 0.3 is 5.97 Å². The van der Waals surface area contributed by atoms with E-state index in [-0.39, 0.29) is 10.5 Å². The van der Waals surface area contributed by atoms with Gasteiger partial charge in [-0.05, 0) is 37.1 Å². The minimum absolute atomic E-state index is 0.141. The van der Waals surface area contributed by atoms with E-state index >= 15 is 0 Å².